The van der Waals surface area contributed by atoms with E-state index in [1.807, 2.05) is 44.2 Å². The summed E-state index contributed by atoms with van der Waals surface area (Å²) >= 11 is 0. The fraction of sp³-hybridized carbons (Fsp3) is 0.585. The molecule has 15 nitrogen and oxygen atoms in total. The Bertz CT molecular complexity index is 1540. The number of methoxy groups -OCH3 is 1. The van der Waals surface area contributed by atoms with Crippen molar-refractivity contribution >= 4 is 29.7 Å². The molecule has 1 radical (unpaired) electrons. The van der Waals surface area contributed by atoms with Crippen molar-refractivity contribution in [3.63, 3.8) is 0 Å². The molecule has 0 bridgehead atoms. The number of piperidine rings is 1. The van der Waals surface area contributed by atoms with Gasteiger partial charge in [-0.25, -0.2) is 9.59 Å². The zero-order chi connectivity index (χ0) is 41.3. The third-order valence-corrected chi connectivity index (χ3v) is 9.46. The van der Waals surface area contributed by atoms with Gasteiger partial charge in [-0.3, -0.25) is 14.4 Å². The molecule has 1 saturated heterocycles. The van der Waals surface area contributed by atoms with Crippen LogP contribution in [0.1, 0.15) is 76.7 Å². The Balaban J connectivity index is 1.66. The molecule has 3 N–H and O–H groups in total. The topological polar surface area (TPSA) is 185 Å². The average molecular weight is 783 g/mol. The van der Waals surface area contributed by atoms with Crippen LogP contribution in [0.15, 0.2) is 60.7 Å². The molecule has 3 rings (SSSR count). The first-order valence-corrected chi connectivity index (χ1v) is 19.2. The second kappa shape index (κ2) is 22.4. The van der Waals surface area contributed by atoms with Crippen molar-refractivity contribution in [2.24, 2.45) is 11.8 Å². The van der Waals surface area contributed by atoms with Crippen molar-refractivity contribution in [1.82, 2.24) is 26.1 Å². The lowest BCUT2D eigenvalue weighted by Crippen LogP contribution is -2.62. The summed E-state index contributed by atoms with van der Waals surface area (Å²) in [5.41, 5.74) is 1.98. The number of carbonyl (C=O) groups is 5. The van der Waals surface area contributed by atoms with Crippen LogP contribution in [0.2, 0.25) is 0 Å². The molecular formula is C41H60N5O10. The summed E-state index contributed by atoms with van der Waals surface area (Å²) in [6.07, 6.45) is 0.822. The van der Waals surface area contributed by atoms with Gasteiger partial charge in [-0.2, -0.15) is 5.48 Å². The number of ether oxygens (including phenoxy) is 3. The summed E-state index contributed by atoms with van der Waals surface area (Å²) in [6.45, 7) is 11.8. The minimum Gasteiger partial charge on any atom is -0.467 e. The normalized spacial score (nSPS) is 16.4. The number of nitrogens with one attached hydrogen (secondary N) is 3. The van der Waals surface area contributed by atoms with Crippen LogP contribution in [0.3, 0.4) is 0 Å². The van der Waals surface area contributed by atoms with Crippen LogP contribution in [0.25, 0.3) is 0 Å². The Morgan fingerprint density at radius 2 is 1.41 bits per heavy atom. The van der Waals surface area contributed by atoms with Gasteiger partial charge >= 0.3 is 11.9 Å². The molecule has 3 amide bonds. The maximum Gasteiger partial charge on any atom is 0.356 e. The highest BCUT2D eigenvalue weighted by molar-refractivity contribution is 5.94. The number of hydrogen-bond acceptors (Lipinski definition) is 11. The summed E-state index contributed by atoms with van der Waals surface area (Å²) in [5.74, 6) is -3.26. The fourth-order valence-corrected chi connectivity index (χ4v) is 6.95. The van der Waals surface area contributed by atoms with E-state index in [9.17, 15) is 29.2 Å². The van der Waals surface area contributed by atoms with Gasteiger partial charge in [0.15, 0.2) is 0 Å². The summed E-state index contributed by atoms with van der Waals surface area (Å²) in [5, 5.41) is 19.8. The highest BCUT2D eigenvalue weighted by Gasteiger charge is 2.50. The fourth-order valence-electron chi connectivity index (χ4n) is 6.95. The Morgan fingerprint density at radius 1 is 0.839 bits per heavy atom. The molecule has 0 saturated carbocycles. The predicted octanol–water partition coefficient (Wildman–Crippen LogP) is 3.26. The smallest absolute Gasteiger partial charge is 0.356 e. The summed E-state index contributed by atoms with van der Waals surface area (Å²) in [7, 11) is 1.25. The van der Waals surface area contributed by atoms with Gasteiger partial charge in [-0.05, 0) is 70.6 Å². The van der Waals surface area contributed by atoms with Crippen molar-refractivity contribution in [3.05, 3.63) is 71.8 Å². The van der Waals surface area contributed by atoms with Crippen molar-refractivity contribution < 1.29 is 48.2 Å². The van der Waals surface area contributed by atoms with Gasteiger partial charge in [-0.15, -0.1) is 10.3 Å². The molecule has 15 heteroatoms. The maximum absolute atomic E-state index is 14.6. The quantitative estimate of drug-likeness (QED) is 0.0906. The van der Waals surface area contributed by atoms with Crippen LogP contribution in [0.4, 0.5) is 0 Å². The van der Waals surface area contributed by atoms with E-state index in [2.05, 4.69) is 16.1 Å². The lowest BCUT2D eigenvalue weighted by molar-refractivity contribution is -0.293. The van der Waals surface area contributed by atoms with E-state index in [0.29, 0.717) is 12.0 Å². The monoisotopic (exact) mass is 782 g/mol. The van der Waals surface area contributed by atoms with Gasteiger partial charge in [0, 0.05) is 30.0 Å². The van der Waals surface area contributed by atoms with Gasteiger partial charge in [0.1, 0.15) is 18.6 Å². The first-order valence-electron chi connectivity index (χ1n) is 19.2. The van der Waals surface area contributed by atoms with Crippen LogP contribution in [-0.2, 0) is 49.9 Å². The molecule has 1 aliphatic rings. The second-order valence-electron chi connectivity index (χ2n) is 15.6. The van der Waals surface area contributed by atoms with Crippen molar-refractivity contribution in [2.45, 2.75) is 90.4 Å². The van der Waals surface area contributed by atoms with Crippen LogP contribution in [0.5, 0.6) is 0 Å². The largest absolute Gasteiger partial charge is 0.467 e. The van der Waals surface area contributed by atoms with E-state index in [-0.39, 0.29) is 64.7 Å². The van der Waals surface area contributed by atoms with E-state index < -0.39 is 65.3 Å². The lowest BCUT2D eigenvalue weighted by atomic mass is 9.74. The maximum atomic E-state index is 14.6. The van der Waals surface area contributed by atoms with Gasteiger partial charge in [0.2, 0.25) is 17.7 Å². The summed E-state index contributed by atoms with van der Waals surface area (Å²) in [6, 6.07) is 15.6. The van der Waals surface area contributed by atoms with E-state index in [0.717, 1.165) is 10.6 Å². The lowest BCUT2D eigenvalue weighted by Gasteiger charge is -2.50. The molecule has 0 aliphatic carbocycles. The Kier molecular flexibility index (Phi) is 18.4. The molecule has 2 aromatic rings. The highest BCUT2D eigenvalue weighted by Crippen LogP contribution is 2.41. The number of rotatable bonds is 22. The molecule has 1 heterocycles. The highest BCUT2D eigenvalue weighted by atomic mass is 16.7. The van der Waals surface area contributed by atoms with Crippen molar-refractivity contribution in [3.8, 4) is 0 Å². The molecular weight excluding hydrogens is 722 g/mol. The first kappa shape index (κ1) is 46.0. The van der Waals surface area contributed by atoms with Gasteiger partial charge in [0.25, 0.3) is 0 Å². The van der Waals surface area contributed by atoms with Gasteiger partial charge < -0.3 is 34.6 Å². The predicted molar refractivity (Wildman–Crippen MR) is 207 cm³/mol. The first-order chi connectivity index (χ1) is 26.6. The van der Waals surface area contributed by atoms with E-state index >= 15 is 0 Å². The molecule has 1 aliphatic heterocycles. The molecule has 0 aromatic heterocycles. The van der Waals surface area contributed by atoms with Gasteiger partial charge in [-0.1, -0.05) is 62.4 Å². The molecule has 309 valence electrons. The molecule has 1 fully saturated rings. The van der Waals surface area contributed by atoms with Gasteiger partial charge in [0.05, 0.1) is 45.6 Å². The van der Waals surface area contributed by atoms with E-state index in [4.69, 9.17) is 19.0 Å². The molecule has 56 heavy (non-hydrogen) atoms. The zero-order valence-electron chi connectivity index (χ0n) is 33.8. The molecule has 2 aromatic carbocycles. The summed E-state index contributed by atoms with van der Waals surface area (Å²) < 4.78 is 16.1. The minimum absolute atomic E-state index is 0.0414. The van der Waals surface area contributed by atoms with Crippen LogP contribution >= 0.6 is 0 Å². The molecule has 2 atom stereocenters. The number of hydrogen-bond donors (Lipinski definition) is 3. The number of carbonyl (C=O) groups excluding carboxylic acids is 5. The van der Waals surface area contributed by atoms with Crippen LogP contribution < -0.4 is 16.1 Å². The minimum atomic E-state index is -1.17. The van der Waals surface area contributed by atoms with Crippen LogP contribution in [-0.4, -0.2) is 116 Å². The van der Waals surface area contributed by atoms with E-state index in [1.54, 1.807) is 58.0 Å². The number of benzene rings is 2. The zero-order valence-corrected chi connectivity index (χ0v) is 33.8. The molecule has 0 unspecified atom stereocenters. The van der Waals surface area contributed by atoms with Crippen molar-refractivity contribution in [2.75, 3.05) is 53.2 Å². The third-order valence-electron chi connectivity index (χ3n) is 9.46. The SMILES string of the molecule is COC(=O)[C@H](CC(C)C)NC(=O)[C@H](Cc1ccccc1)N(CC(=O)NCCOCCOCCNOC(=O)c1ccccc1)C(=O)C1CC(C)(C)N([O])C(C)(C)C1. The average Bonchev–Trinajstić information content (AvgIpc) is 3.16. The number of esters is 1. The Labute approximate surface area is 330 Å². The van der Waals surface area contributed by atoms with Crippen molar-refractivity contribution in [1.29, 1.82) is 0 Å². The number of nitrogens with zero attached hydrogens (tertiary/aromatic N) is 2. The van der Waals surface area contributed by atoms with Crippen LogP contribution in [0, 0.1) is 11.8 Å². The Hall–Kier alpha value is -4.41. The summed E-state index contributed by atoms with van der Waals surface area (Å²) in [4.78, 5) is 73.4. The molecule has 0 spiro atoms. The second-order valence-corrected chi connectivity index (χ2v) is 15.6. The third kappa shape index (κ3) is 14.6. The number of amides is 3. The van der Waals surface area contributed by atoms with E-state index in [1.165, 1.54) is 12.0 Å². The standard InChI is InChI=1S/C41H60N5O10/c1-29(2)24-33(39(51)53-7)44-36(48)34(25-30-14-10-8-11-15-30)45(37(49)32-26-40(3,4)46(52)41(5,6)27-32)28-35(47)42-18-20-54-22-23-55-21-19-43-56-38(50)31-16-12-9-13-17-31/h8-17,29,32-34,43H,18-28H2,1-7H3,(H,42,47)(H,44,48)/t33-,34-/m0/s1. The number of hydroxylamine groups is 3. The Morgan fingerprint density at radius 3 is 1.98 bits per heavy atom.